The van der Waals surface area contributed by atoms with E-state index in [2.05, 4.69) is 10.6 Å². The van der Waals surface area contributed by atoms with E-state index >= 15 is 0 Å². The molecule has 0 bridgehead atoms. The number of nitrogens with one attached hydrogen (secondary N) is 2. The molecule has 0 atom stereocenters. The summed E-state index contributed by atoms with van der Waals surface area (Å²) in [6.07, 6.45) is 0.624. The van der Waals surface area contributed by atoms with E-state index in [0.717, 1.165) is 10.6 Å². The zero-order valence-electron chi connectivity index (χ0n) is 13.1. The van der Waals surface area contributed by atoms with Crippen molar-refractivity contribution in [2.75, 3.05) is 37.4 Å². The van der Waals surface area contributed by atoms with Gasteiger partial charge in [0, 0.05) is 32.7 Å². The SMILES string of the molecule is CN(C)c1ccc(NC(=O)CCCN2C(=O)CNC2=O)cc1Cl. The van der Waals surface area contributed by atoms with Crippen molar-refractivity contribution < 1.29 is 14.4 Å². The predicted molar refractivity (Wildman–Crippen MR) is 88.8 cm³/mol. The summed E-state index contributed by atoms with van der Waals surface area (Å²) < 4.78 is 0. The number of carbonyl (C=O) groups excluding carboxylic acids is 3. The normalized spacial score (nSPS) is 14.0. The van der Waals surface area contributed by atoms with E-state index in [-0.39, 0.29) is 31.3 Å². The quantitative estimate of drug-likeness (QED) is 0.773. The van der Waals surface area contributed by atoms with E-state index < -0.39 is 6.03 Å². The third-order valence-electron chi connectivity index (χ3n) is 3.44. The number of benzene rings is 1. The molecule has 1 aliphatic heterocycles. The number of amides is 4. The number of imide groups is 1. The minimum Gasteiger partial charge on any atom is -0.376 e. The summed E-state index contributed by atoms with van der Waals surface area (Å²) in [5.41, 5.74) is 1.48. The van der Waals surface area contributed by atoms with Gasteiger partial charge in [0.25, 0.3) is 0 Å². The van der Waals surface area contributed by atoms with Crippen LogP contribution in [0.1, 0.15) is 12.8 Å². The second kappa shape index (κ2) is 7.32. The Kier molecular flexibility index (Phi) is 5.44. The highest BCUT2D eigenvalue weighted by Gasteiger charge is 2.27. The molecule has 124 valence electrons. The molecular weight excluding hydrogens is 320 g/mol. The molecule has 7 nitrogen and oxygen atoms in total. The minimum atomic E-state index is -0.401. The van der Waals surface area contributed by atoms with Gasteiger partial charge in [0.15, 0.2) is 0 Å². The molecule has 0 saturated carbocycles. The van der Waals surface area contributed by atoms with Gasteiger partial charge in [-0.25, -0.2) is 4.79 Å². The number of hydrogen-bond acceptors (Lipinski definition) is 4. The van der Waals surface area contributed by atoms with Crippen molar-refractivity contribution in [2.45, 2.75) is 12.8 Å². The summed E-state index contributed by atoms with van der Waals surface area (Å²) in [5.74, 6) is -0.452. The Balaban J connectivity index is 1.82. The molecule has 0 radical (unpaired) electrons. The van der Waals surface area contributed by atoms with Crippen molar-refractivity contribution >= 4 is 40.8 Å². The van der Waals surface area contributed by atoms with E-state index in [9.17, 15) is 14.4 Å². The first-order valence-corrected chi connectivity index (χ1v) is 7.61. The van der Waals surface area contributed by atoms with Crippen molar-refractivity contribution in [1.29, 1.82) is 0 Å². The molecule has 4 amide bonds. The fourth-order valence-electron chi connectivity index (χ4n) is 2.25. The number of anilines is 2. The summed E-state index contributed by atoms with van der Waals surface area (Å²) >= 11 is 6.15. The van der Waals surface area contributed by atoms with Gasteiger partial charge in [-0.1, -0.05) is 11.6 Å². The molecule has 2 rings (SSSR count). The third kappa shape index (κ3) is 4.35. The van der Waals surface area contributed by atoms with Crippen LogP contribution >= 0.6 is 11.6 Å². The molecular formula is C15H19ClN4O3. The fourth-order valence-corrected chi connectivity index (χ4v) is 2.60. The smallest absolute Gasteiger partial charge is 0.324 e. The second-order valence-corrected chi connectivity index (χ2v) is 5.82. The van der Waals surface area contributed by atoms with E-state index in [1.807, 2.05) is 25.1 Å². The number of rotatable bonds is 6. The van der Waals surface area contributed by atoms with Crippen LogP contribution in [0.2, 0.25) is 5.02 Å². The molecule has 1 heterocycles. The van der Waals surface area contributed by atoms with Gasteiger partial charge in [-0.2, -0.15) is 0 Å². The van der Waals surface area contributed by atoms with Gasteiger partial charge in [0.1, 0.15) is 0 Å². The van der Waals surface area contributed by atoms with Crippen molar-refractivity contribution in [3.63, 3.8) is 0 Å². The lowest BCUT2D eigenvalue weighted by atomic mass is 10.2. The Morgan fingerprint density at radius 1 is 1.39 bits per heavy atom. The molecule has 0 aromatic heterocycles. The number of halogens is 1. The summed E-state index contributed by atoms with van der Waals surface area (Å²) in [6, 6.07) is 4.88. The van der Waals surface area contributed by atoms with E-state index in [4.69, 9.17) is 11.6 Å². The van der Waals surface area contributed by atoms with E-state index in [1.54, 1.807) is 12.1 Å². The Hall–Kier alpha value is -2.28. The number of urea groups is 1. The molecule has 0 unspecified atom stereocenters. The molecule has 8 heteroatoms. The molecule has 1 aromatic rings. The number of carbonyl (C=O) groups is 3. The largest absolute Gasteiger partial charge is 0.376 e. The Bertz CT molecular complexity index is 617. The van der Waals surface area contributed by atoms with Crippen molar-refractivity contribution in [3.05, 3.63) is 23.2 Å². The lowest BCUT2D eigenvalue weighted by Crippen LogP contribution is -2.32. The van der Waals surface area contributed by atoms with E-state index in [0.29, 0.717) is 17.1 Å². The van der Waals surface area contributed by atoms with Crippen LogP contribution < -0.4 is 15.5 Å². The van der Waals surface area contributed by atoms with Crippen LogP contribution in [0.15, 0.2) is 18.2 Å². The first-order chi connectivity index (χ1) is 10.9. The molecule has 23 heavy (non-hydrogen) atoms. The minimum absolute atomic E-state index is 0.0295. The Morgan fingerprint density at radius 2 is 2.13 bits per heavy atom. The lowest BCUT2D eigenvalue weighted by Gasteiger charge is -2.15. The van der Waals surface area contributed by atoms with Crippen LogP contribution in [0, 0.1) is 0 Å². The maximum Gasteiger partial charge on any atom is 0.324 e. The molecule has 0 spiro atoms. The van der Waals surface area contributed by atoms with Crippen LogP contribution in [0.25, 0.3) is 0 Å². The predicted octanol–water partition coefficient (Wildman–Crippen LogP) is 1.68. The summed E-state index contributed by atoms with van der Waals surface area (Å²) in [7, 11) is 3.77. The second-order valence-electron chi connectivity index (χ2n) is 5.42. The summed E-state index contributed by atoms with van der Waals surface area (Å²) in [4.78, 5) is 37.7. The van der Waals surface area contributed by atoms with Gasteiger partial charge >= 0.3 is 6.03 Å². The fraction of sp³-hybridized carbons (Fsp3) is 0.400. The maximum absolute atomic E-state index is 11.9. The molecule has 1 saturated heterocycles. The highest BCUT2D eigenvalue weighted by Crippen LogP contribution is 2.27. The van der Waals surface area contributed by atoms with Gasteiger partial charge in [-0.05, 0) is 24.6 Å². The van der Waals surface area contributed by atoms with Crippen LogP contribution in [0.5, 0.6) is 0 Å². The maximum atomic E-state index is 11.9. The van der Waals surface area contributed by atoms with Crippen LogP contribution in [-0.4, -0.2) is 49.9 Å². The highest BCUT2D eigenvalue weighted by molar-refractivity contribution is 6.33. The topological polar surface area (TPSA) is 81.8 Å². The Labute approximate surface area is 139 Å². The zero-order chi connectivity index (χ0) is 17.0. The van der Waals surface area contributed by atoms with Crippen molar-refractivity contribution in [2.24, 2.45) is 0 Å². The molecule has 1 aromatic carbocycles. The van der Waals surface area contributed by atoms with Crippen LogP contribution in [0.3, 0.4) is 0 Å². The van der Waals surface area contributed by atoms with Gasteiger partial charge < -0.3 is 15.5 Å². The van der Waals surface area contributed by atoms with Crippen LogP contribution in [0.4, 0.5) is 16.2 Å². The van der Waals surface area contributed by atoms with Gasteiger partial charge in [0.05, 0.1) is 17.3 Å². The highest BCUT2D eigenvalue weighted by atomic mass is 35.5. The molecule has 1 fully saturated rings. The molecule has 2 N–H and O–H groups in total. The van der Waals surface area contributed by atoms with Gasteiger partial charge in [0.2, 0.25) is 11.8 Å². The third-order valence-corrected chi connectivity index (χ3v) is 3.74. The number of hydrogen-bond donors (Lipinski definition) is 2. The average molecular weight is 339 g/mol. The first-order valence-electron chi connectivity index (χ1n) is 7.23. The summed E-state index contributed by atoms with van der Waals surface area (Å²) in [5, 5.41) is 5.74. The summed E-state index contributed by atoms with van der Waals surface area (Å²) in [6.45, 7) is 0.264. The molecule has 1 aliphatic rings. The zero-order valence-corrected chi connectivity index (χ0v) is 13.8. The van der Waals surface area contributed by atoms with Crippen molar-refractivity contribution in [1.82, 2.24) is 10.2 Å². The van der Waals surface area contributed by atoms with Crippen molar-refractivity contribution in [3.8, 4) is 0 Å². The van der Waals surface area contributed by atoms with Crippen LogP contribution in [-0.2, 0) is 9.59 Å². The lowest BCUT2D eigenvalue weighted by molar-refractivity contribution is -0.125. The molecule has 0 aliphatic carbocycles. The standard InChI is InChI=1S/C15H19ClN4O3/c1-19(2)12-6-5-10(8-11(12)16)18-13(21)4-3-7-20-14(22)9-17-15(20)23/h5-6,8H,3-4,7,9H2,1-2H3,(H,17,23)(H,18,21). The average Bonchev–Trinajstić information content (AvgIpc) is 2.78. The Morgan fingerprint density at radius 3 is 2.70 bits per heavy atom. The van der Waals surface area contributed by atoms with Gasteiger partial charge in [-0.15, -0.1) is 0 Å². The monoisotopic (exact) mass is 338 g/mol. The van der Waals surface area contributed by atoms with E-state index in [1.165, 1.54) is 0 Å². The number of nitrogens with zero attached hydrogens (tertiary/aromatic N) is 2. The van der Waals surface area contributed by atoms with Gasteiger partial charge in [-0.3, -0.25) is 14.5 Å². The first kappa shape index (κ1) is 17.1.